The molecule has 1 fully saturated rings. The van der Waals surface area contributed by atoms with Crippen LogP contribution in [0.4, 0.5) is 0 Å². The molecule has 0 N–H and O–H groups in total. The summed E-state index contributed by atoms with van der Waals surface area (Å²) in [7, 11) is -3.03. The molecule has 1 rings (SSSR count). The Morgan fingerprint density at radius 3 is 2.50 bits per heavy atom. The maximum atomic E-state index is 12.0. The first-order valence-electron chi connectivity index (χ1n) is 7.05. The molecular weight excluding hydrogens is 282 g/mol. The number of amides is 1. The minimum Gasteiger partial charge on any atom is -0.456 e. The van der Waals surface area contributed by atoms with Crippen LogP contribution in [0.15, 0.2) is 0 Å². The van der Waals surface area contributed by atoms with E-state index in [1.165, 1.54) is 4.90 Å². The molecule has 6 nitrogen and oxygen atoms in total. The minimum atomic E-state index is -3.03. The summed E-state index contributed by atoms with van der Waals surface area (Å²) in [4.78, 5) is 24.9. The summed E-state index contributed by atoms with van der Waals surface area (Å²) in [5.74, 6) is -0.566. The van der Waals surface area contributed by atoms with E-state index in [2.05, 4.69) is 0 Å². The third-order valence-corrected chi connectivity index (χ3v) is 5.15. The number of nitrogens with zero attached hydrogens (tertiary/aromatic N) is 1. The summed E-state index contributed by atoms with van der Waals surface area (Å²) >= 11 is 0. The van der Waals surface area contributed by atoms with Crippen molar-refractivity contribution in [2.45, 2.75) is 45.6 Å². The van der Waals surface area contributed by atoms with Gasteiger partial charge >= 0.3 is 5.97 Å². The van der Waals surface area contributed by atoms with Gasteiger partial charge in [0.15, 0.2) is 16.4 Å². The largest absolute Gasteiger partial charge is 0.456 e. The van der Waals surface area contributed by atoms with Crippen molar-refractivity contribution in [3.8, 4) is 0 Å². The second-order valence-corrected chi connectivity index (χ2v) is 7.23. The SMILES string of the molecule is CCCCC(=O)OCC(=O)N(CC)C1CCS(=O)(=O)C1. The molecule has 1 unspecified atom stereocenters. The molecule has 1 saturated heterocycles. The fourth-order valence-electron chi connectivity index (χ4n) is 2.28. The monoisotopic (exact) mass is 305 g/mol. The quantitative estimate of drug-likeness (QED) is 0.649. The molecule has 1 aliphatic rings. The Hall–Kier alpha value is -1.11. The van der Waals surface area contributed by atoms with Gasteiger partial charge in [-0.3, -0.25) is 9.59 Å². The summed E-state index contributed by atoms with van der Waals surface area (Å²) in [6.45, 7) is 3.89. The number of carbonyl (C=O) groups excluding carboxylic acids is 2. The maximum absolute atomic E-state index is 12.0. The van der Waals surface area contributed by atoms with Gasteiger partial charge in [-0.2, -0.15) is 0 Å². The molecule has 0 bridgehead atoms. The van der Waals surface area contributed by atoms with Gasteiger partial charge in [-0.05, 0) is 19.8 Å². The number of rotatable bonds is 7. The van der Waals surface area contributed by atoms with Crippen molar-refractivity contribution in [2.24, 2.45) is 0 Å². The summed E-state index contributed by atoms with van der Waals surface area (Å²) < 4.78 is 27.8. The van der Waals surface area contributed by atoms with Gasteiger partial charge in [0, 0.05) is 19.0 Å². The molecular formula is C13H23NO5S. The number of esters is 1. The Bertz CT molecular complexity index is 446. The summed E-state index contributed by atoms with van der Waals surface area (Å²) in [5, 5.41) is 0. The number of likely N-dealkylation sites (N-methyl/N-ethyl adjacent to an activating group) is 1. The minimum absolute atomic E-state index is 0.0103. The smallest absolute Gasteiger partial charge is 0.306 e. The fraction of sp³-hybridized carbons (Fsp3) is 0.846. The lowest BCUT2D eigenvalue weighted by Crippen LogP contribution is -2.43. The normalized spacial score (nSPS) is 20.6. The predicted octanol–water partition coefficient (Wildman–Crippen LogP) is 0.755. The van der Waals surface area contributed by atoms with Gasteiger partial charge in [-0.1, -0.05) is 13.3 Å². The molecule has 0 spiro atoms. The van der Waals surface area contributed by atoms with E-state index in [1.54, 1.807) is 6.92 Å². The van der Waals surface area contributed by atoms with E-state index in [4.69, 9.17) is 4.74 Å². The van der Waals surface area contributed by atoms with Gasteiger partial charge in [0.05, 0.1) is 11.5 Å². The molecule has 1 heterocycles. The van der Waals surface area contributed by atoms with E-state index in [1.807, 2.05) is 6.92 Å². The highest BCUT2D eigenvalue weighted by molar-refractivity contribution is 7.91. The van der Waals surface area contributed by atoms with Crippen LogP contribution in [0.2, 0.25) is 0 Å². The Morgan fingerprint density at radius 1 is 1.30 bits per heavy atom. The van der Waals surface area contributed by atoms with Gasteiger partial charge in [-0.15, -0.1) is 0 Å². The van der Waals surface area contributed by atoms with Gasteiger partial charge in [0.2, 0.25) is 0 Å². The van der Waals surface area contributed by atoms with Crippen LogP contribution in [0.5, 0.6) is 0 Å². The molecule has 0 saturated carbocycles. The first kappa shape index (κ1) is 16.9. The standard InChI is InChI=1S/C13H23NO5S/c1-3-5-6-13(16)19-9-12(15)14(4-2)11-7-8-20(17,18)10-11/h11H,3-10H2,1-2H3. The molecule has 1 aliphatic heterocycles. The number of hydrogen-bond donors (Lipinski definition) is 0. The molecule has 1 amide bonds. The predicted molar refractivity (Wildman–Crippen MR) is 74.9 cm³/mol. The first-order valence-corrected chi connectivity index (χ1v) is 8.87. The highest BCUT2D eigenvalue weighted by Gasteiger charge is 2.34. The molecule has 7 heteroatoms. The maximum Gasteiger partial charge on any atom is 0.306 e. The molecule has 0 aliphatic carbocycles. The Labute approximate surface area is 120 Å². The first-order chi connectivity index (χ1) is 9.39. The lowest BCUT2D eigenvalue weighted by atomic mass is 10.2. The van der Waals surface area contributed by atoms with Gasteiger partial charge in [-0.25, -0.2) is 8.42 Å². The van der Waals surface area contributed by atoms with Crippen LogP contribution in [0.3, 0.4) is 0 Å². The molecule has 20 heavy (non-hydrogen) atoms. The molecule has 0 radical (unpaired) electrons. The zero-order valence-electron chi connectivity index (χ0n) is 12.1. The average molecular weight is 305 g/mol. The summed E-state index contributed by atoms with van der Waals surface area (Å²) in [6, 6.07) is -0.285. The fourth-order valence-corrected chi connectivity index (χ4v) is 4.01. The van der Waals surface area contributed by atoms with Crippen LogP contribution in [0, 0.1) is 0 Å². The third kappa shape index (κ3) is 5.11. The molecule has 1 atom stereocenters. The lowest BCUT2D eigenvalue weighted by Gasteiger charge is -2.26. The highest BCUT2D eigenvalue weighted by Crippen LogP contribution is 2.17. The average Bonchev–Trinajstić information content (AvgIpc) is 2.75. The van der Waals surface area contributed by atoms with Gasteiger partial charge in [0.25, 0.3) is 5.91 Å². The van der Waals surface area contributed by atoms with E-state index in [0.29, 0.717) is 19.4 Å². The van der Waals surface area contributed by atoms with E-state index in [-0.39, 0.29) is 36.0 Å². The zero-order chi connectivity index (χ0) is 15.2. The van der Waals surface area contributed by atoms with Crippen LogP contribution in [0.25, 0.3) is 0 Å². The Kier molecular flexibility index (Phi) is 6.45. The number of sulfone groups is 1. The number of ether oxygens (including phenoxy) is 1. The van der Waals surface area contributed by atoms with Crippen LogP contribution in [-0.2, 0) is 24.2 Å². The van der Waals surface area contributed by atoms with E-state index in [0.717, 1.165) is 12.8 Å². The van der Waals surface area contributed by atoms with E-state index in [9.17, 15) is 18.0 Å². The highest BCUT2D eigenvalue weighted by atomic mass is 32.2. The zero-order valence-corrected chi connectivity index (χ0v) is 12.9. The molecule has 0 aromatic carbocycles. The number of unbranched alkanes of at least 4 members (excludes halogenated alkanes) is 1. The second kappa shape index (κ2) is 7.61. The van der Waals surface area contributed by atoms with Crippen molar-refractivity contribution < 1.29 is 22.7 Å². The van der Waals surface area contributed by atoms with Crippen LogP contribution < -0.4 is 0 Å². The van der Waals surface area contributed by atoms with E-state index < -0.39 is 9.84 Å². The van der Waals surface area contributed by atoms with Crippen molar-refractivity contribution in [3.63, 3.8) is 0 Å². The third-order valence-electron chi connectivity index (χ3n) is 3.40. The topological polar surface area (TPSA) is 80.8 Å². The summed E-state index contributed by atoms with van der Waals surface area (Å²) in [6.07, 6.45) is 2.41. The van der Waals surface area contributed by atoms with Crippen molar-refractivity contribution in [1.29, 1.82) is 0 Å². The number of carbonyl (C=O) groups is 2. The second-order valence-electron chi connectivity index (χ2n) is 5.00. The molecule has 0 aromatic heterocycles. The number of hydrogen-bond acceptors (Lipinski definition) is 5. The van der Waals surface area contributed by atoms with Gasteiger partial charge in [0.1, 0.15) is 0 Å². The van der Waals surface area contributed by atoms with E-state index >= 15 is 0 Å². The Morgan fingerprint density at radius 2 is 2.00 bits per heavy atom. The summed E-state index contributed by atoms with van der Waals surface area (Å²) in [5.41, 5.74) is 0. The van der Waals surface area contributed by atoms with Gasteiger partial charge < -0.3 is 9.64 Å². The molecule has 0 aromatic rings. The van der Waals surface area contributed by atoms with Crippen molar-refractivity contribution in [1.82, 2.24) is 4.90 Å². The van der Waals surface area contributed by atoms with Crippen molar-refractivity contribution in [3.05, 3.63) is 0 Å². The Balaban J connectivity index is 2.46. The van der Waals surface area contributed by atoms with Crippen molar-refractivity contribution >= 4 is 21.7 Å². The van der Waals surface area contributed by atoms with Crippen LogP contribution >= 0.6 is 0 Å². The van der Waals surface area contributed by atoms with Crippen molar-refractivity contribution in [2.75, 3.05) is 24.7 Å². The van der Waals surface area contributed by atoms with Crippen LogP contribution in [0.1, 0.15) is 39.5 Å². The lowest BCUT2D eigenvalue weighted by molar-refractivity contribution is -0.152. The van der Waals surface area contributed by atoms with Crippen LogP contribution in [-0.4, -0.2) is 55.9 Å². The molecule has 116 valence electrons.